The van der Waals surface area contributed by atoms with Crippen molar-refractivity contribution in [2.45, 2.75) is 44.7 Å². The molecule has 1 atom stereocenters. The zero-order valence-corrected chi connectivity index (χ0v) is 14.4. The van der Waals surface area contributed by atoms with E-state index in [-0.39, 0.29) is 42.2 Å². The molecule has 0 radical (unpaired) electrons. The van der Waals surface area contributed by atoms with E-state index in [9.17, 15) is 13.6 Å². The number of hydrogen-bond donors (Lipinski definition) is 1. The van der Waals surface area contributed by atoms with Crippen LogP contribution in [-0.4, -0.2) is 29.9 Å². The lowest BCUT2D eigenvalue weighted by Gasteiger charge is -2.27. The topological polar surface area (TPSA) is 32.3 Å². The monoisotopic (exact) mass is 356 g/mol. The molecule has 3 nitrogen and oxygen atoms in total. The van der Waals surface area contributed by atoms with Crippen LogP contribution >= 0.6 is 12.4 Å². The van der Waals surface area contributed by atoms with Crippen molar-refractivity contribution in [3.05, 3.63) is 35.4 Å². The molecule has 1 unspecified atom stereocenters. The van der Waals surface area contributed by atoms with Crippen LogP contribution in [0.25, 0.3) is 0 Å². The number of halogens is 3. The first-order chi connectivity index (χ1) is 11.1. The summed E-state index contributed by atoms with van der Waals surface area (Å²) in [6, 6.07) is 3.86. The molecule has 6 heteroatoms. The number of amides is 1. The number of rotatable bonds is 4. The second-order valence-electron chi connectivity index (χ2n) is 7.30. The average molecular weight is 357 g/mol. The van der Waals surface area contributed by atoms with E-state index in [1.807, 2.05) is 4.90 Å². The number of nitrogens with one attached hydrogen (secondary N) is 1. The van der Waals surface area contributed by atoms with E-state index in [1.165, 1.54) is 12.1 Å². The van der Waals surface area contributed by atoms with E-state index in [4.69, 9.17) is 0 Å². The Morgan fingerprint density at radius 2 is 1.96 bits per heavy atom. The Balaban J connectivity index is 0.00000169. The van der Waals surface area contributed by atoms with Gasteiger partial charge in [0.1, 0.15) is 11.6 Å². The smallest absolute Gasteiger partial charge is 0.226 e. The van der Waals surface area contributed by atoms with Crippen molar-refractivity contribution >= 4 is 18.3 Å². The minimum atomic E-state index is -0.577. The molecule has 2 aliphatic carbocycles. The maximum absolute atomic E-state index is 13.9. The third-order valence-electron chi connectivity index (χ3n) is 5.71. The molecule has 1 heterocycles. The van der Waals surface area contributed by atoms with Gasteiger partial charge in [0.2, 0.25) is 5.91 Å². The summed E-state index contributed by atoms with van der Waals surface area (Å²) in [7, 11) is 0. The molecular formula is C18H23ClF2N2O. The minimum absolute atomic E-state index is 0. The van der Waals surface area contributed by atoms with Crippen LogP contribution in [0.2, 0.25) is 0 Å². The Morgan fingerprint density at radius 3 is 2.58 bits per heavy atom. The van der Waals surface area contributed by atoms with Crippen molar-refractivity contribution in [2.24, 2.45) is 11.3 Å². The second-order valence-corrected chi connectivity index (χ2v) is 7.30. The Kier molecular flexibility index (Phi) is 4.85. The first kappa shape index (κ1) is 17.6. The van der Waals surface area contributed by atoms with Crippen LogP contribution in [0.5, 0.6) is 0 Å². The van der Waals surface area contributed by atoms with Crippen molar-refractivity contribution in [3.8, 4) is 0 Å². The van der Waals surface area contributed by atoms with Crippen LogP contribution in [0.1, 0.15) is 37.7 Å². The molecule has 1 aromatic carbocycles. The summed E-state index contributed by atoms with van der Waals surface area (Å²) < 4.78 is 27.0. The molecular weight excluding hydrogens is 334 g/mol. The SMILES string of the molecule is Cl.O=C(C1CC12CCNCC2)N(Cc1ccc(F)cc1F)C1CC1. The molecule has 3 aliphatic rings. The fourth-order valence-corrected chi connectivity index (χ4v) is 3.98. The lowest BCUT2D eigenvalue weighted by molar-refractivity contribution is -0.134. The van der Waals surface area contributed by atoms with Crippen molar-refractivity contribution in [1.29, 1.82) is 0 Å². The first-order valence-electron chi connectivity index (χ1n) is 8.54. The minimum Gasteiger partial charge on any atom is -0.335 e. The van der Waals surface area contributed by atoms with E-state index in [0.717, 1.165) is 51.3 Å². The van der Waals surface area contributed by atoms with E-state index in [1.54, 1.807) is 0 Å². The zero-order chi connectivity index (χ0) is 16.0. The predicted octanol–water partition coefficient (Wildman–Crippen LogP) is 3.27. The average Bonchev–Trinajstić information content (AvgIpc) is 3.44. The van der Waals surface area contributed by atoms with E-state index in [2.05, 4.69) is 5.32 Å². The van der Waals surface area contributed by atoms with Gasteiger partial charge < -0.3 is 10.2 Å². The normalized spacial score (nSPS) is 24.3. The van der Waals surface area contributed by atoms with Gasteiger partial charge in [-0.2, -0.15) is 0 Å². The van der Waals surface area contributed by atoms with Gasteiger partial charge in [0, 0.05) is 30.1 Å². The summed E-state index contributed by atoms with van der Waals surface area (Å²) >= 11 is 0. The van der Waals surface area contributed by atoms with Crippen LogP contribution in [0.15, 0.2) is 18.2 Å². The summed E-state index contributed by atoms with van der Waals surface area (Å²) in [5, 5.41) is 3.35. The summed E-state index contributed by atoms with van der Waals surface area (Å²) in [6.45, 7) is 2.24. The largest absolute Gasteiger partial charge is 0.335 e. The highest BCUT2D eigenvalue weighted by Crippen LogP contribution is 2.59. The number of carbonyl (C=O) groups is 1. The van der Waals surface area contributed by atoms with E-state index in [0.29, 0.717) is 5.56 Å². The molecule has 1 aliphatic heterocycles. The Morgan fingerprint density at radius 1 is 1.25 bits per heavy atom. The summed E-state index contributed by atoms with van der Waals surface area (Å²) in [6.07, 6.45) is 5.09. The van der Waals surface area contributed by atoms with E-state index >= 15 is 0 Å². The molecule has 1 saturated heterocycles. The van der Waals surface area contributed by atoms with Crippen molar-refractivity contribution < 1.29 is 13.6 Å². The van der Waals surface area contributed by atoms with Gasteiger partial charge in [-0.15, -0.1) is 12.4 Å². The van der Waals surface area contributed by atoms with Gasteiger partial charge in [-0.05, 0) is 56.7 Å². The Bertz CT molecular complexity index is 629. The van der Waals surface area contributed by atoms with Gasteiger partial charge in [0.15, 0.2) is 0 Å². The quantitative estimate of drug-likeness (QED) is 0.898. The predicted molar refractivity (Wildman–Crippen MR) is 89.8 cm³/mol. The van der Waals surface area contributed by atoms with Crippen LogP contribution < -0.4 is 5.32 Å². The van der Waals surface area contributed by atoms with Crippen molar-refractivity contribution in [1.82, 2.24) is 10.2 Å². The van der Waals surface area contributed by atoms with Gasteiger partial charge in [-0.1, -0.05) is 6.07 Å². The molecule has 1 N–H and O–H groups in total. The van der Waals surface area contributed by atoms with Crippen LogP contribution in [0.3, 0.4) is 0 Å². The number of benzene rings is 1. The second kappa shape index (κ2) is 6.60. The van der Waals surface area contributed by atoms with Gasteiger partial charge in [0.25, 0.3) is 0 Å². The fraction of sp³-hybridized carbons (Fsp3) is 0.611. The summed E-state index contributed by atoms with van der Waals surface area (Å²) in [5.74, 6) is -0.853. The van der Waals surface area contributed by atoms with Gasteiger partial charge in [0.05, 0.1) is 0 Å². The summed E-state index contributed by atoms with van der Waals surface area (Å²) in [5.41, 5.74) is 0.600. The molecule has 132 valence electrons. The van der Waals surface area contributed by atoms with Crippen LogP contribution in [0.4, 0.5) is 8.78 Å². The van der Waals surface area contributed by atoms with Crippen molar-refractivity contribution in [3.63, 3.8) is 0 Å². The molecule has 0 aromatic heterocycles. The molecule has 0 bridgehead atoms. The highest BCUT2D eigenvalue weighted by molar-refractivity contribution is 5.85. The Hall–Kier alpha value is -1.20. The molecule has 1 aromatic rings. The lowest BCUT2D eigenvalue weighted by Crippen LogP contribution is -2.37. The molecule has 24 heavy (non-hydrogen) atoms. The standard InChI is InChI=1S/C18H22F2N2O.ClH/c19-13-2-1-12(16(20)9-13)11-22(14-3-4-14)17(23)15-10-18(15)5-7-21-8-6-18;/h1-2,9,14-15,21H,3-8,10-11H2;1H. The van der Waals surface area contributed by atoms with Crippen LogP contribution in [-0.2, 0) is 11.3 Å². The zero-order valence-electron chi connectivity index (χ0n) is 13.6. The molecule has 1 spiro atoms. The summed E-state index contributed by atoms with van der Waals surface area (Å²) in [4.78, 5) is 14.8. The van der Waals surface area contributed by atoms with Gasteiger partial charge in [-0.25, -0.2) is 8.78 Å². The van der Waals surface area contributed by atoms with Gasteiger partial charge in [-0.3, -0.25) is 4.79 Å². The molecule has 4 rings (SSSR count). The number of hydrogen-bond acceptors (Lipinski definition) is 2. The third-order valence-corrected chi connectivity index (χ3v) is 5.71. The number of piperidine rings is 1. The molecule has 2 saturated carbocycles. The highest BCUT2D eigenvalue weighted by atomic mass is 35.5. The Labute approximate surface area is 147 Å². The van der Waals surface area contributed by atoms with Crippen LogP contribution in [0, 0.1) is 23.0 Å². The first-order valence-corrected chi connectivity index (χ1v) is 8.54. The number of nitrogens with zero attached hydrogens (tertiary/aromatic N) is 1. The van der Waals surface area contributed by atoms with Crippen molar-refractivity contribution in [2.75, 3.05) is 13.1 Å². The number of carbonyl (C=O) groups excluding carboxylic acids is 1. The molecule has 3 fully saturated rings. The highest BCUT2D eigenvalue weighted by Gasteiger charge is 2.59. The van der Waals surface area contributed by atoms with E-state index < -0.39 is 11.6 Å². The molecule has 1 amide bonds. The fourth-order valence-electron chi connectivity index (χ4n) is 3.98. The third kappa shape index (κ3) is 3.29. The lowest BCUT2D eigenvalue weighted by atomic mass is 9.91. The van der Waals surface area contributed by atoms with Gasteiger partial charge >= 0.3 is 0 Å². The maximum Gasteiger partial charge on any atom is 0.226 e. The maximum atomic E-state index is 13.9.